The molecule has 0 spiro atoms. The van der Waals surface area contributed by atoms with Gasteiger partial charge in [0.1, 0.15) is 17.3 Å². The van der Waals surface area contributed by atoms with Gasteiger partial charge < -0.3 is 10.6 Å². The van der Waals surface area contributed by atoms with Crippen molar-refractivity contribution in [2.45, 2.75) is 13.0 Å². The Kier molecular flexibility index (Phi) is 5.58. The Hall–Kier alpha value is -2.79. The molecule has 0 saturated heterocycles. The molecule has 3 rings (SSSR count). The molecule has 0 bridgehead atoms. The van der Waals surface area contributed by atoms with Crippen LogP contribution in [0.15, 0.2) is 72.8 Å². The van der Waals surface area contributed by atoms with Gasteiger partial charge >= 0.3 is 0 Å². The molecule has 1 atom stereocenters. The zero-order valence-corrected chi connectivity index (χ0v) is 15.0. The topological polar surface area (TPSA) is 24.1 Å². The van der Waals surface area contributed by atoms with Crippen LogP contribution in [0.25, 0.3) is 0 Å². The van der Waals surface area contributed by atoms with Crippen molar-refractivity contribution in [2.24, 2.45) is 0 Å². The zero-order valence-electron chi connectivity index (χ0n) is 14.2. The third-order valence-electron chi connectivity index (χ3n) is 4.11. The summed E-state index contributed by atoms with van der Waals surface area (Å²) in [5.74, 6) is -1.39. The predicted molar refractivity (Wildman–Crippen MR) is 105 cm³/mol. The minimum Gasteiger partial charge on any atom is -0.352 e. The third-order valence-corrected chi connectivity index (χ3v) is 4.33. The number of aryl methyl sites for hydroxylation is 1. The summed E-state index contributed by atoms with van der Waals surface area (Å²) in [6.07, 6.45) is 0. The molecule has 2 N–H and O–H groups in total. The maximum Gasteiger partial charge on any atom is 0.171 e. The van der Waals surface area contributed by atoms with Crippen molar-refractivity contribution >= 4 is 23.0 Å². The van der Waals surface area contributed by atoms with Crippen LogP contribution in [0.2, 0.25) is 0 Å². The molecule has 0 radical (unpaired) electrons. The molecule has 5 heteroatoms. The summed E-state index contributed by atoms with van der Waals surface area (Å²) in [5, 5.41) is 5.96. The van der Waals surface area contributed by atoms with Gasteiger partial charge in [-0.2, -0.15) is 0 Å². The van der Waals surface area contributed by atoms with E-state index in [1.165, 1.54) is 18.2 Å². The molecule has 0 heterocycles. The van der Waals surface area contributed by atoms with Crippen molar-refractivity contribution in [3.05, 3.63) is 101 Å². The van der Waals surface area contributed by atoms with Crippen LogP contribution in [0.3, 0.4) is 0 Å². The average molecular weight is 368 g/mol. The lowest BCUT2D eigenvalue weighted by Crippen LogP contribution is -2.33. The summed E-state index contributed by atoms with van der Waals surface area (Å²) >= 11 is 5.32. The maximum absolute atomic E-state index is 13.9. The Morgan fingerprint density at radius 3 is 2.12 bits per heavy atom. The summed E-state index contributed by atoms with van der Waals surface area (Å²) in [7, 11) is 0. The first kappa shape index (κ1) is 18.0. The van der Waals surface area contributed by atoms with E-state index >= 15 is 0 Å². The van der Waals surface area contributed by atoms with E-state index in [1.807, 2.05) is 61.5 Å². The van der Waals surface area contributed by atoms with E-state index in [1.54, 1.807) is 0 Å². The molecule has 2 nitrogen and oxygen atoms in total. The number of hydrogen-bond acceptors (Lipinski definition) is 1. The highest BCUT2D eigenvalue weighted by Gasteiger charge is 2.18. The highest BCUT2D eigenvalue weighted by atomic mass is 32.1. The number of benzene rings is 3. The fourth-order valence-corrected chi connectivity index (χ4v) is 3.01. The number of anilines is 1. The number of nitrogens with one attached hydrogen (secondary N) is 2. The minimum atomic E-state index is -0.693. The molecule has 1 unspecified atom stereocenters. The van der Waals surface area contributed by atoms with Gasteiger partial charge in [0.25, 0.3) is 0 Å². The van der Waals surface area contributed by atoms with Crippen molar-refractivity contribution in [2.75, 3.05) is 5.32 Å². The first-order valence-corrected chi connectivity index (χ1v) is 8.59. The molecule has 3 aromatic rings. The normalized spacial score (nSPS) is 11.7. The first-order chi connectivity index (χ1) is 12.6. The molecule has 0 aromatic heterocycles. The third kappa shape index (κ3) is 4.06. The smallest absolute Gasteiger partial charge is 0.171 e. The summed E-state index contributed by atoms with van der Waals surface area (Å²) < 4.78 is 27.7. The second kappa shape index (κ2) is 8.06. The van der Waals surface area contributed by atoms with Crippen LogP contribution in [0.5, 0.6) is 0 Å². The van der Waals surface area contributed by atoms with Crippen LogP contribution in [-0.2, 0) is 0 Å². The Balaban J connectivity index is 1.89. The number of thiocarbonyl (C=S) groups is 1. The second-order valence-electron chi connectivity index (χ2n) is 5.90. The molecular weight excluding hydrogens is 350 g/mol. The van der Waals surface area contributed by atoms with Gasteiger partial charge in [0.15, 0.2) is 5.11 Å². The Morgan fingerprint density at radius 2 is 1.46 bits per heavy atom. The van der Waals surface area contributed by atoms with Crippen molar-refractivity contribution in [3.8, 4) is 0 Å². The molecule has 0 aliphatic rings. The summed E-state index contributed by atoms with van der Waals surface area (Å²) in [4.78, 5) is 0. The largest absolute Gasteiger partial charge is 0.352 e. The monoisotopic (exact) mass is 368 g/mol. The Labute approximate surface area is 156 Å². The van der Waals surface area contributed by atoms with E-state index in [-0.39, 0.29) is 16.8 Å². The number of hydrogen-bond donors (Lipinski definition) is 2. The fraction of sp³-hybridized carbons (Fsp3) is 0.0952. The van der Waals surface area contributed by atoms with Gasteiger partial charge in [0.2, 0.25) is 0 Å². The highest BCUT2D eigenvalue weighted by molar-refractivity contribution is 7.80. The number of rotatable bonds is 4. The molecular formula is C21H18F2N2S. The molecule has 132 valence electrons. The molecule has 3 aromatic carbocycles. The van der Waals surface area contributed by atoms with E-state index in [0.717, 1.165) is 16.7 Å². The first-order valence-electron chi connectivity index (χ1n) is 8.18. The summed E-state index contributed by atoms with van der Waals surface area (Å²) in [5.41, 5.74) is 2.87. The van der Waals surface area contributed by atoms with Crippen molar-refractivity contribution in [1.29, 1.82) is 0 Å². The van der Waals surface area contributed by atoms with Gasteiger partial charge in [-0.15, -0.1) is 0 Å². The van der Waals surface area contributed by atoms with E-state index < -0.39 is 11.6 Å². The zero-order chi connectivity index (χ0) is 18.5. The van der Waals surface area contributed by atoms with E-state index in [9.17, 15) is 8.78 Å². The maximum atomic E-state index is 13.9. The second-order valence-corrected chi connectivity index (χ2v) is 6.30. The van der Waals surface area contributed by atoms with Crippen molar-refractivity contribution in [1.82, 2.24) is 5.32 Å². The van der Waals surface area contributed by atoms with Gasteiger partial charge in [0, 0.05) is 0 Å². The highest BCUT2D eigenvalue weighted by Crippen LogP contribution is 2.25. The van der Waals surface area contributed by atoms with Crippen molar-refractivity contribution < 1.29 is 8.78 Å². The lowest BCUT2D eigenvalue weighted by atomic mass is 9.95. The predicted octanol–water partition coefficient (Wildman–Crippen LogP) is 5.35. The number of para-hydroxylation sites is 1. The molecule has 0 amide bonds. The summed E-state index contributed by atoms with van der Waals surface area (Å²) in [6, 6.07) is 21.2. The molecule has 0 aliphatic heterocycles. The summed E-state index contributed by atoms with van der Waals surface area (Å²) in [6.45, 7) is 2.01. The van der Waals surface area contributed by atoms with Crippen molar-refractivity contribution in [3.63, 3.8) is 0 Å². The van der Waals surface area contributed by atoms with Gasteiger partial charge in [-0.25, -0.2) is 8.78 Å². The fourth-order valence-electron chi connectivity index (χ4n) is 2.79. The number of halogens is 2. The van der Waals surface area contributed by atoms with E-state index in [2.05, 4.69) is 10.6 Å². The van der Waals surface area contributed by atoms with E-state index in [0.29, 0.717) is 0 Å². The van der Waals surface area contributed by atoms with Crippen LogP contribution in [0, 0.1) is 18.6 Å². The van der Waals surface area contributed by atoms with Crippen LogP contribution in [0.4, 0.5) is 14.5 Å². The lowest BCUT2D eigenvalue weighted by Gasteiger charge is -2.23. The molecule has 0 saturated carbocycles. The van der Waals surface area contributed by atoms with Gasteiger partial charge in [0.05, 0.1) is 6.04 Å². The van der Waals surface area contributed by atoms with Crippen LogP contribution in [-0.4, -0.2) is 5.11 Å². The van der Waals surface area contributed by atoms with Crippen LogP contribution in [0.1, 0.15) is 22.7 Å². The van der Waals surface area contributed by atoms with Crippen LogP contribution < -0.4 is 10.6 Å². The Bertz CT molecular complexity index is 893. The van der Waals surface area contributed by atoms with E-state index in [4.69, 9.17) is 12.2 Å². The SMILES string of the molecule is Cc1ccccc1C(NC(=S)Nc1c(F)cccc1F)c1ccccc1. The minimum absolute atomic E-state index is 0.145. The quantitative estimate of drug-likeness (QED) is 0.607. The standard InChI is InChI=1S/C21H18F2N2S/c1-14-8-5-6-11-16(14)19(15-9-3-2-4-10-15)24-21(26)25-20-17(22)12-7-13-18(20)23/h2-13,19H,1H3,(H2,24,25,26). The molecule has 26 heavy (non-hydrogen) atoms. The Morgan fingerprint density at radius 1 is 0.846 bits per heavy atom. The van der Waals surface area contributed by atoms with Gasteiger partial charge in [-0.05, 0) is 48.0 Å². The average Bonchev–Trinajstić information content (AvgIpc) is 2.64. The van der Waals surface area contributed by atoms with Gasteiger partial charge in [-0.3, -0.25) is 0 Å². The molecule has 0 fully saturated rings. The molecule has 0 aliphatic carbocycles. The van der Waals surface area contributed by atoms with Crippen LogP contribution >= 0.6 is 12.2 Å². The lowest BCUT2D eigenvalue weighted by molar-refractivity contribution is 0.591. The van der Waals surface area contributed by atoms with Gasteiger partial charge in [-0.1, -0.05) is 60.7 Å².